The van der Waals surface area contributed by atoms with Crippen LogP contribution in [0.1, 0.15) is 38.2 Å². The number of piperidine rings is 1. The first-order valence-corrected chi connectivity index (χ1v) is 10.9. The van der Waals surface area contributed by atoms with Crippen molar-refractivity contribution in [3.8, 4) is 0 Å². The molecule has 2 aliphatic heterocycles. The van der Waals surface area contributed by atoms with E-state index >= 15 is 0 Å². The quantitative estimate of drug-likeness (QED) is 0.844. The molecule has 1 amide bonds. The number of carboxylic acid groups (broad SMARTS) is 1. The molecule has 4 rings (SSSR count). The average molecular weight is 392 g/mol. The highest BCUT2D eigenvalue weighted by atomic mass is 32.2. The summed E-state index contributed by atoms with van der Waals surface area (Å²) in [5.74, 6) is -1.36. The van der Waals surface area contributed by atoms with E-state index in [1.165, 1.54) is 4.31 Å². The lowest BCUT2D eigenvalue weighted by Gasteiger charge is -2.30. The zero-order valence-electron chi connectivity index (χ0n) is 15.3. The Morgan fingerprint density at radius 1 is 1.15 bits per heavy atom. The van der Waals surface area contributed by atoms with E-state index in [0.29, 0.717) is 25.8 Å². The molecular weight excluding hydrogens is 368 g/mol. The second-order valence-electron chi connectivity index (χ2n) is 7.87. The Balaban J connectivity index is 1.61. The fourth-order valence-electron chi connectivity index (χ4n) is 4.14. The summed E-state index contributed by atoms with van der Waals surface area (Å²) in [4.78, 5) is 25.8. The summed E-state index contributed by atoms with van der Waals surface area (Å²) >= 11 is 0. The highest BCUT2D eigenvalue weighted by Gasteiger charge is 2.40. The first-order valence-electron chi connectivity index (χ1n) is 9.48. The number of anilines is 1. The molecule has 1 aromatic carbocycles. The number of nitrogens with zero attached hydrogens (tertiary/aromatic N) is 2. The van der Waals surface area contributed by atoms with E-state index < -0.39 is 21.9 Å². The van der Waals surface area contributed by atoms with Crippen LogP contribution >= 0.6 is 0 Å². The average Bonchev–Trinajstić information content (AvgIpc) is 3.43. The van der Waals surface area contributed by atoms with Crippen molar-refractivity contribution in [1.82, 2.24) is 4.31 Å². The minimum atomic E-state index is -3.74. The third kappa shape index (κ3) is 3.25. The molecule has 0 unspecified atom stereocenters. The second-order valence-corrected chi connectivity index (χ2v) is 9.80. The van der Waals surface area contributed by atoms with Crippen LogP contribution in [0.4, 0.5) is 5.69 Å². The first-order chi connectivity index (χ1) is 12.8. The van der Waals surface area contributed by atoms with Gasteiger partial charge in [-0.2, -0.15) is 4.31 Å². The molecule has 0 bridgehead atoms. The predicted octanol–water partition coefficient (Wildman–Crippen LogP) is 1.86. The summed E-state index contributed by atoms with van der Waals surface area (Å²) in [6.45, 7) is 2.33. The molecule has 1 saturated carbocycles. The van der Waals surface area contributed by atoms with E-state index in [1.807, 2.05) is 11.8 Å². The molecule has 0 aromatic heterocycles. The van der Waals surface area contributed by atoms with Gasteiger partial charge in [-0.05, 0) is 62.8 Å². The van der Waals surface area contributed by atoms with Crippen molar-refractivity contribution in [2.75, 3.05) is 18.0 Å². The van der Waals surface area contributed by atoms with Crippen LogP contribution in [0.15, 0.2) is 23.1 Å². The van der Waals surface area contributed by atoms with Crippen LogP contribution in [0.25, 0.3) is 0 Å². The molecule has 0 radical (unpaired) electrons. The molecule has 2 fully saturated rings. The molecule has 146 valence electrons. The number of amides is 1. The molecule has 2 atom stereocenters. The normalized spacial score (nSPS) is 26.0. The summed E-state index contributed by atoms with van der Waals surface area (Å²) in [7, 11) is -3.74. The molecule has 2 heterocycles. The highest BCUT2D eigenvalue weighted by molar-refractivity contribution is 7.89. The lowest BCUT2D eigenvalue weighted by molar-refractivity contribution is -0.142. The first kappa shape index (κ1) is 18.4. The van der Waals surface area contributed by atoms with Crippen LogP contribution < -0.4 is 4.90 Å². The SMILES string of the molecule is C[C@H]1Cc2cc(S(=O)(=O)N3CCC[C@H](C(=O)O)C3)ccc2N1C(=O)C1CC1. The van der Waals surface area contributed by atoms with Gasteiger partial charge in [-0.25, -0.2) is 8.42 Å². The molecule has 0 spiro atoms. The molecule has 1 saturated heterocycles. The summed E-state index contributed by atoms with van der Waals surface area (Å²) in [6.07, 6.45) is 3.55. The van der Waals surface area contributed by atoms with Gasteiger partial charge < -0.3 is 10.0 Å². The number of aliphatic carboxylic acids is 1. The maximum absolute atomic E-state index is 13.0. The fourth-order valence-corrected chi connectivity index (χ4v) is 5.72. The Kier molecular flexibility index (Phi) is 4.50. The van der Waals surface area contributed by atoms with Gasteiger partial charge in [0.25, 0.3) is 0 Å². The number of sulfonamides is 1. The van der Waals surface area contributed by atoms with Crippen molar-refractivity contribution in [1.29, 1.82) is 0 Å². The minimum absolute atomic E-state index is 0.0114. The molecule has 1 aliphatic carbocycles. The summed E-state index contributed by atoms with van der Waals surface area (Å²) < 4.78 is 27.3. The highest BCUT2D eigenvalue weighted by Crippen LogP contribution is 2.40. The van der Waals surface area contributed by atoms with Gasteiger partial charge in [0, 0.05) is 30.7 Å². The van der Waals surface area contributed by atoms with Gasteiger partial charge in [-0.3, -0.25) is 9.59 Å². The van der Waals surface area contributed by atoms with Crippen LogP contribution in [-0.4, -0.2) is 48.8 Å². The zero-order chi connectivity index (χ0) is 19.3. The van der Waals surface area contributed by atoms with E-state index in [-0.39, 0.29) is 29.3 Å². The van der Waals surface area contributed by atoms with Gasteiger partial charge >= 0.3 is 5.97 Å². The number of carbonyl (C=O) groups excluding carboxylic acids is 1. The number of hydrogen-bond donors (Lipinski definition) is 1. The van der Waals surface area contributed by atoms with E-state index in [1.54, 1.807) is 18.2 Å². The topological polar surface area (TPSA) is 95.0 Å². The van der Waals surface area contributed by atoms with Crippen LogP contribution in [0.5, 0.6) is 0 Å². The standard InChI is InChI=1S/C19H24N2O5S/c1-12-9-15-10-16(6-7-17(15)21(12)18(22)13-4-5-13)27(25,26)20-8-2-3-14(11-20)19(23)24/h6-7,10,12-14H,2-5,8-9,11H2,1H3,(H,23,24)/t12-,14-/m0/s1. The maximum Gasteiger partial charge on any atom is 0.307 e. The minimum Gasteiger partial charge on any atom is -0.481 e. The molecule has 1 aromatic rings. The van der Waals surface area contributed by atoms with Gasteiger partial charge in [0.1, 0.15) is 0 Å². The lowest BCUT2D eigenvalue weighted by Crippen LogP contribution is -2.42. The molecule has 1 N–H and O–H groups in total. The Morgan fingerprint density at radius 3 is 2.56 bits per heavy atom. The van der Waals surface area contributed by atoms with Crippen molar-refractivity contribution >= 4 is 27.6 Å². The van der Waals surface area contributed by atoms with Crippen molar-refractivity contribution in [3.05, 3.63) is 23.8 Å². The van der Waals surface area contributed by atoms with Crippen molar-refractivity contribution < 1.29 is 23.1 Å². The fraction of sp³-hybridized carbons (Fsp3) is 0.579. The second kappa shape index (κ2) is 6.60. The Bertz CT molecular complexity index is 893. The van der Waals surface area contributed by atoms with Crippen molar-refractivity contribution in [2.24, 2.45) is 11.8 Å². The number of benzene rings is 1. The number of hydrogen-bond acceptors (Lipinski definition) is 4. The van der Waals surface area contributed by atoms with Crippen LogP contribution in [0.2, 0.25) is 0 Å². The lowest BCUT2D eigenvalue weighted by atomic mass is 10.0. The van der Waals surface area contributed by atoms with E-state index in [9.17, 15) is 23.1 Å². The van der Waals surface area contributed by atoms with Gasteiger partial charge in [0.15, 0.2) is 0 Å². The molecular formula is C19H24N2O5S. The number of carbonyl (C=O) groups is 2. The Labute approximate surface area is 159 Å². The smallest absolute Gasteiger partial charge is 0.307 e. The largest absolute Gasteiger partial charge is 0.481 e. The summed E-state index contributed by atoms with van der Waals surface area (Å²) in [6, 6.07) is 4.96. The van der Waals surface area contributed by atoms with Gasteiger partial charge in [0.05, 0.1) is 10.8 Å². The Hall–Kier alpha value is -1.93. The number of carboxylic acids is 1. The van der Waals surface area contributed by atoms with Crippen LogP contribution in [0, 0.1) is 11.8 Å². The molecule has 7 nitrogen and oxygen atoms in total. The third-order valence-corrected chi connectivity index (χ3v) is 7.66. The van der Waals surface area contributed by atoms with Gasteiger partial charge in [-0.15, -0.1) is 0 Å². The Morgan fingerprint density at radius 2 is 1.89 bits per heavy atom. The maximum atomic E-state index is 13.0. The summed E-state index contributed by atoms with van der Waals surface area (Å²) in [5, 5.41) is 9.22. The van der Waals surface area contributed by atoms with Gasteiger partial charge in [-0.1, -0.05) is 0 Å². The molecule has 27 heavy (non-hydrogen) atoms. The monoisotopic (exact) mass is 392 g/mol. The van der Waals surface area contributed by atoms with E-state index in [0.717, 1.165) is 24.1 Å². The molecule has 8 heteroatoms. The van der Waals surface area contributed by atoms with Crippen LogP contribution in [0.3, 0.4) is 0 Å². The van der Waals surface area contributed by atoms with Crippen LogP contribution in [-0.2, 0) is 26.0 Å². The zero-order valence-corrected chi connectivity index (χ0v) is 16.1. The van der Waals surface area contributed by atoms with Crippen molar-refractivity contribution in [2.45, 2.75) is 50.0 Å². The van der Waals surface area contributed by atoms with Crippen molar-refractivity contribution in [3.63, 3.8) is 0 Å². The van der Waals surface area contributed by atoms with E-state index in [4.69, 9.17) is 0 Å². The van der Waals surface area contributed by atoms with Gasteiger partial charge in [0.2, 0.25) is 15.9 Å². The molecule has 3 aliphatic rings. The predicted molar refractivity (Wildman–Crippen MR) is 98.9 cm³/mol. The summed E-state index contributed by atoms with van der Waals surface area (Å²) in [5.41, 5.74) is 1.67. The number of fused-ring (bicyclic) bond motifs is 1. The number of rotatable bonds is 4. The third-order valence-electron chi connectivity index (χ3n) is 5.80. The van der Waals surface area contributed by atoms with E-state index in [2.05, 4.69) is 0 Å².